The molecule has 1 amide bonds. The lowest BCUT2D eigenvalue weighted by atomic mass is 10.2. The van der Waals surface area contributed by atoms with E-state index in [9.17, 15) is 9.59 Å². The summed E-state index contributed by atoms with van der Waals surface area (Å²) in [6, 6.07) is 4.27. The molecule has 1 aromatic heterocycles. The van der Waals surface area contributed by atoms with E-state index in [1.54, 1.807) is 0 Å². The smallest absolute Gasteiger partial charge is 0.337 e. The molecular weight excluding hydrogens is 304 g/mol. The molecule has 0 radical (unpaired) electrons. The van der Waals surface area contributed by atoms with Gasteiger partial charge in [-0.3, -0.25) is 4.79 Å². The number of carboxylic acid groups (broad SMARTS) is 1. The number of aromatic nitrogens is 3. The van der Waals surface area contributed by atoms with Crippen LogP contribution >= 0.6 is 23.4 Å². The van der Waals surface area contributed by atoms with Crippen molar-refractivity contribution in [3.05, 3.63) is 35.0 Å². The third-order valence-electron chi connectivity index (χ3n) is 2.22. The number of aromatic amines is 1. The van der Waals surface area contributed by atoms with E-state index in [0.717, 1.165) is 0 Å². The second-order valence-electron chi connectivity index (χ2n) is 3.64. The highest BCUT2D eigenvalue weighted by Gasteiger charge is 2.11. The summed E-state index contributed by atoms with van der Waals surface area (Å²) >= 11 is 6.95. The molecule has 0 fully saturated rings. The van der Waals surface area contributed by atoms with E-state index in [-0.39, 0.29) is 22.2 Å². The first-order chi connectivity index (χ1) is 9.56. The zero-order valence-electron chi connectivity index (χ0n) is 9.96. The third-order valence-corrected chi connectivity index (χ3v) is 3.45. The number of benzene rings is 1. The number of carboxylic acids is 1. The molecule has 0 aliphatic rings. The van der Waals surface area contributed by atoms with E-state index >= 15 is 0 Å². The van der Waals surface area contributed by atoms with Crippen molar-refractivity contribution in [1.29, 1.82) is 0 Å². The van der Waals surface area contributed by atoms with Gasteiger partial charge in [0.05, 0.1) is 22.5 Å². The molecule has 0 bridgehead atoms. The molecule has 0 saturated carbocycles. The average molecular weight is 313 g/mol. The minimum absolute atomic E-state index is 0.0615. The summed E-state index contributed by atoms with van der Waals surface area (Å²) in [7, 11) is 0. The predicted octanol–water partition coefficient (Wildman–Crippen LogP) is 1.89. The van der Waals surface area contributed by atoms with Crippen LogP contribution in [0.1, 0.15) is 10.4 Å². The molecule has 0 aliphatic heterocycles. The highest BCUT2D eigenvalue weighted by molar-refractivity contribution is 7.99. The molecule has 0 aliphatic carbocycles. The molecule has 2 rings (SSSR count). The molecule has 0 spiro atoms. The quantitative estimate of drug-likeness (QED) is 0.728. The largest absolute Gasteiger partial charge is 0.478 e. The third kappa shape index (κ3) is 3.72. The van der Waals surface area contributed by atoms with Gasteiger partial charge in [-0.2, -0.15) is 10.3 Å². The molecule has 7 nitrogen and oxygen atoms in total. The maximum Gasteiger partial charge on any atom is 0.337 e. The Morgan fingerprint density at radius 2 is 2.25 bits per heavy atom. The van der Waals surface area contributed by atoms with E-state index in [4.69, 9.17) is 16.7 Å². The summed E-state index contributed by atoms with van der Waals surface area (Å²) in [6.45, 7) is 0. The van der Waals surface area contributed by atoms with Crippen LogP contribution in [0.5, 0.6) is 0 Å². The second kappa shape index (κ2) is 6.40. The Morgan fingerprint density at radius 3 is 2.90 bits per heavy atom. The number of nitrogens with one attached hydrogen (secondary N) is 2. The van der Waals surface area contributed by atoms with Gasteiger partial charge in [0.15, 0.2) is 0 Å². The minimum Gasteiger partial charge on any atom is -0.478 e. The van der Waals surface area contributed by atoms with Crippen molar-refractivity contribution < 1.29 is 14.7 Å². The van der Waals surface area contributed by atoms with Crippen molar-refractivity contribution in [1.82, 2.24) is 15.4 Å². The van der Waals surface area contributed by atoms with Gasteiger partial charge >= 0.3 is 5.97 Å². The van der Waals surface area contributed by atoms with Gasteiger partial charge in [-0.1, -0.05) is 23.4 Å². The molecule has 9 heteroatoms. The summed E-state index contributed by atoms with van der Waals surface area (Å²) < 4.78 is 0. The number of anilines is 1. The molecule has 0 unspecified atom stereocenters. The average Bonchev–Trinajstić information content (AvgIpc) is 2.91. The van der Waals surface area contributed by atoms with Crippen LogP contribution in [0.4, 0.5) is 5.69 Å². The highest BCUT2D eigenvalue weighted by atomic mass is 35.5. The van der Waals surface area contributed by atoms with Crippen LogP contribution < -0.4 is 5.32 Å². The fourth-order valence-electron chi connectivity index (χ4n) is 1.36. The Kier molecular flexibility index (Phi) is 4.59. The van der Waals surface area contributed by atoms with E-state index in [1.165, 1.54) is 36.2 Å². The monoisotopic (exact) mass is 312 g/mol. The first-order valence-corrected chi connectivity index (χ1v) is 6.74. The number of H-pyrrole nitrogens is 1. The zero-order valence-corrected chi connectivity index (χ0v) is 11.5. The molecule has 0 saturated heterocycles. The molecule has 20 heavy (non-hydrogen) atoms. The number of carbonyl (C=O) groups is 2. The SMILES string of the molecule is O=C(CSc1cn[nH]n1)Nc1ccc(Cl)c(C(=O)O)c1. The summed E-state index contributed by atoms with van der Waals surface area (Å²) in [5.74, 6) is -1.29. The van der Waals surface area contributed by atoms with Gasteiger partial charge in [0.1, 0.15) is 5.03 Å². The first-order valence-electron chi connectivity index (χ1n) is 5.37. The van der Waals surface area contributed by atoms with Crippen LogP contribution in [0.15, 0.2) is 29.4 Å². The number of thioether (sulfide) groups is 1. The Hall–Kier alpha value is -2.06. The maximum absolute atomic E-state index is 11.7. The van der Waals surface area contributed by atoms with Crippen LogP contribution in [0.2, 0.25) is 5.02 Å². The van der Waals surface area contributed by atoms with E-state index in [1.807, 2.05) is 0 Å². The number of hydrogen-bond donors (Lipinski definition) is 3. The van der Waals surface area contributed by atoms with Crippen LogP contribution in [-0.4, -0.2) is 38.1 Å². The number of rotatable bonds is 5. The normalized spacial score (nSPS) is 10.2. The molecule has 104 valence electrons. The maximum atomic E-state index is 11.7. The van der Waals surface area contributed by atoms with Gasteiger partial charge in [-0.05, 0) is 18.2 Å². The van der Waals surface area contributed by atoms with Gasteiger partial charge in [-0.15, -0.1) is 5.10 Å². The summed E-state index contributed by atoms with van der Waals surface area (Å²) in [6.07, 6.45) is 1.50. The number of hydrogen-bond acceptors (Lipinski definition) is 5. The number of halogens is 1. The lowest BCUT2D eigenvalue weighted by Gasteiger charge is -2.06. The van der Waals surface area contributed by atoms with Crippen molar-refractivity contribution in [2.24, 2.45) is 0 Å². The second-order valence-corrected chi connectivity index (χ2v) is 5.05. The van der Waals surface area contributed by atoms with Crippen molar-refractivity contribution in [2.75, 3.05) is 11.1 Å². The summed E-state index contributed by atoms with van der Waals surface area (Å²) in [5, 5.41) is 22.1. The molecule has 1 aromatic carbocycles. The molecule has 3 N–H and O–H groups in total. The topological polar surface area (TPSA) is 108 Å². The fourth-order valence-corrected chi connectivity index (χ4v) is 2.15. The fraction of sp³-hybridized carbons (Fsp3) is 0.0909. The van der Waals surface area contributed by atoms with Crippen LogP contribution in [-0.2, 0) is 4.79 Å². The first kappa shape index (κ1) is 14.4. The Balaban J connectivity index is 1.97. The highest BCUT2D eigenvalue weighted by Crippen LogP contribution is 2.21. The van der Waals surface area contributed by atoms with Crippen molar-refractivity contribution in [3.8, 4) is 0 Å². The van der Waals surface area contributed by atoms with Crippen LogP contribution in [0.3, 0.4) is 0 Å². The summed E-state index contributed by atoms with van der Waals surface area (Å²) in [5.41, 5.74) is 0.311. The van der Waals surface area contributed by atoms with Gasteiger partial charge in [-0.25, -0.2) is 4.79 Å². The Bertz CT molecular complexity index is 633. The van der Waals surface area contributed by atoms with Gasteiger partial charge < -0.3 is 10.4 Å². The lowest BCUT2D eigenvalue weighted by molar-refractivity contribution is -0.113. The Labute approximate surface area is 122 Å². The van der Waals surface area contributed by atoms with Crippen LogP contribution in [0, 0.1) is 0 Å². The molecular formula is C11H9ClN4O3S. The molecule has 0 atom stereocenters. The van der Waals surface area contributed by atoms with E-state index in [0.29, 0.717) is 10.7 Å². The minimum atomic E-state index is -1.15. The summed E-state index contributed by atoms with van der Waals surface area (Å²) in [4.78, 5) is 22.6. The number of carbonyl (C=O) groups excluding carboxylic acids is 1. The predicted molar refractivity (Wildman–Crippen MR) is 74.1 cm³/mol. The number of aromatic carboxylic acids is 1. The number of amides is 1. The molecule has 1 heterocycles. The molecule has 2 aromatic rings. The zero-order chi connectivity index (χ0) is 14.5. The number of nitrogens with zero attached hydrogens (tertiary/aromatic N) is 2. The van der Waals surface area contributed by atoms with Crippen molar-refractivity contribution >= 4 is 40.9 Å². The van der Waals surface area contributed by atoms with Crippen molar-refractivity contribution in [2.45, 2.75) is 5.03 Å². The van der Waals surface area contributed by atoms with Gasteiger partial charge in [0.2, 0.25) is 5.91 Å². The van der Waals surface area contributed by atoms with Gasteiger partial charge in [0.25, 0.3) is 0 Å². The van der Waals surface area contributed by atoms with Crippen LogP contribution in [0.25, 0.3) is 0 Å². The Morgan fingerprint density at radius 1 is 1.45 bits per heavy atom. The van der Waals surface area contributed by atoms with Crippen molar-refractivity contribution in [3.63, 3.8) is 0 Å². The standard InChI is InChI=1S/C11H9ClN4O3S/c12-8-2-1-6(3-7(8)11(18)19)14-9(17)5-20-10-4-13-16-15-10/h1-4H,5H2,(H,14,17)(H,18,19)(H,13,15,16). The van der Waals surface area contributed by atoms with E-state index < -0.39 is 5.97 Å². The van der Waals surface area contributed by atoms with E-state index in [2.05, 4.69) is 20.7 Å². The lowest BCUT2D eigenvalue weighted by Crippen LogP contribution is -2.14. The van der Waals surface area contributed by atoms with Gasteiger partial charge in [0, 0.05) is 5.69 Å².